The largest absolute Gasteiger partial charge is 0.353 e. The van der Waals surface area contributed by atoms with Gasteiger partial charge in [-0.25, -0.2) is 4.98 Å². The molecule has 3 rings (SSSR count). The lowest BCUT2D eigenvalue weighted by atomic mass is 10.1. The topological polar surface area (TPSA) is 72.2 Å². The van der Waals surface area contributed by atoms with E-state index < -0.39 is 0 Å². The monoisotopic (exact) mass is 333 g/mol. The van der Waals surface area contributed by atoms with Gasteiger partial charge in [-0.05, 0) is 32.8 Å². The minimum atomic E-state index is 0.0800. The zero-order chi connectivity index (χ0) is 16.2. The van der Waals surface area contributed by atoms with Crippen molar-refractivity contribution in [2.45, 2.75) is 63.6 Å². The molecule has 1 aliphatic rings. The molecule has 2 heterocycles. The summed E-state index contributed by atoms with van der Waals surface area (Å²) in [7, 11) is 0. The number of fused-ring (bicyclic) bond motifs is 1. The van der Waals surface area contributed by atoms with E-state index in [1.807, 2.05) is 24.3 Å². The van der Waals surface area contributed by atoms with Gasteiger partial charge in [0.05, 0.1) is 5.75 Å². The van der Waals surface area contributed by atoms with Crippen LogP contribution in [0.1, 0.15) is 49.9 Å². The first-order valence-electron chi connectivity index (χ1n) is 8.25. The van der Waals surface area contributed by atoms with E-state index in [2.05, 4.69) is 20.5 Å². The number of carbonyl (C=O) groups excluding carboxylic acids is 1. The Hall–Kier alpha value is -1.63. The van der Waals surface area contributed by atoms with Crippen molar-refractivity contribution in [3.05, 3.63) is 17.5 Å². The van der Waals surface area contributed by atoms with Gasteiger partial charge in [-0.2, -0.15) is 0 Å². The van der Waals surface area contributed by atoms with Crippen molar-refractivity contribution in [1.29, 1.82) is 0 Å². The van der Waals surface area contributed by atoms with E-state index in [4.69, 9.17) is 0 Å². The fraction of sp³-hybridized carbons (Fsp3) is 0.625. The van der Waals surface area contributed by atoms with Crippen LogP contribution in [0.4, 0.5) is 0 Å². The Bertz CT molecular complexity index is 691. The lowest BCUT2D eigenvalue weighted by Gasteiger charge is -2.15. The van der Waals surface area contributed by atoms with Crippen molar-refractivity contribution in [3.8, 4) is 0 Å². The third kappa shape index (κ3) is 4.02. The number of hydrogen-bond donors (Lipinski definition) is 1. The first-order valence-corrected chi connectivity index (χ1v) is 9.23. The Morgan fingerprint density at radius 3 is 2.74 bits per heavy atom. The van der Waals surface area contributed by atoms with Crippen LogP contribution in [0.25, 0.3) is 5.78 Å². The van der Waals surface area contributed by atoms with Gasteiger partial charge >= 0.3 is 0 Å². The van der Waals surface area contributed by atoms with Crippen molar-refractivity contribution in [3.63, 3.8) is 0 Å². The predicted molar refractivity (Wildman–Crippen MR) is 90.6 cm³/mol. The second-order valence-corrected chi connectivity index (χ2v) is 7.14. The van der Waals surface area contributed by atoms with E-state index in [1.165, 1.54) is 37.4 Å². The first-order chi connectivity index (χ1) is 11.1. The van der Waals surface area contributed by atoms with Crippen LogP contribution in [-0.2, 0) is 4.79 Å². The molecule has 0 atom stereocenters. The molecule has 0 aliphatic heterocycles. The maximum atomic E-state index is 12.2. The predicted octanol–water partition coefficient (Wildman–Crippen LogP) is 2.67. The molecule has 6 nitrogen and oxygen atoms in total. The lowest BCUT2D eigenvalue weighted by Crippen LogP contribution is -2.35. The molecular formula is C16H23N5OS. The average molecular weight is 333 g/mol. The number of carbonyl (C=O) groups is 1. The van der Waals surface area contributed by atoms with Crippen molar-refractivity contribution in [2.75, 3.05) is 5.75 Å². The van der Waals surface area contributed by atoms with Crippen LogP contribution < -0.4 is 5.32 Å². The highest BCUT2D eigenvalue weighted by Gasteiger charge is 2.16. The summed E-state index contributed by atoms with van der Waals surface area (Å²) < 4.78 is 1.90. The van der Waals surface area contributed by atoms with Crippen LogP contribution in [0.15, 0.2) is 11.2 Å². The molecule has 0 unspecified atom stereocenters. The highest BCUT2D eigenvalue weighted by Crippen LogP contribution is 2.20. The number of aromatic nitrogens is 4. The van der Waals surface area contributed by atoms with Crippen LogP contribution in [0.3, 0.4) is 0 Å². The normalized spacial score (nSPS) is 16.4. The summed E-state index contributed by atoms with van der Waals surface area (Å²) in [6.45, 7) is 3.94. The molecule has 0 spiro atoms. The quantitative estimate of drug-likeness (QED) is 0.688. The van der Waals surface area contributed by atoms with Gasteiger partial charge in [0.1, 0.15) is 0 Å². The lowest BCUT2D eigenvalue weighted by molar-refractivity contribution is -0.119. The molecule has 2 aromatic heterocycles. The van der Waals surface area contributed by atoms with E-state index in [0.29, 0.717) is 17.6 Å². The molecular weight excluding hydrogens is 310 g/mol. The number of thioether (sulfide) groups is 1. The third-order valence-corrected chi connectivity index (χ3v) is 5.14. The molecule has 2 aromatic rings. The minimum Gasteiger partial charge on any atom is -0.353 e. The van der Waals surface area contributed by atoms with Gasteiger partial charge in [-0.3, -0.25) is 9.20 Å². The molecule has 0 radical (unpaired) electrons. The van der Waals surface area contributed by atoms with Gasteiger partial charge in [0.2, 0.25) is 5.91 Å². The van der Waals surface area contributed by atoms with Crippen LogP contribution >= 0.6 is 11.8 Å². The van der Waals surface area contributed by atoms with E-state index in [-0.39, 0.29) is 5.91 Å². The number of rotatable bonds is 4. The van der Waals surface area contributed by atoms with E-state index in [1.54, 1.807) is 0 Å². The summed E-state index contributed by atoms with van der Waals surface area (Å²) >= 11 is 1.42. The summed E-state index contributed by atoms with van der Waals surface area (Å²) in [6.07, 6.45) is 7.23. The Morgan fingerprint density at radius 1 is 1.26 bits per heavy atom. The van der Waals surface area contributed by atoms with Crippen molar-refractivity contribution in [1.82, 2.24) is 24.9 Å². The highest BCUT2D eigenvalue weighted by atomic mass is 32.2. The molecule has 0 aromatic carbocycles. The van der Waals surface area contributed by atoms with Gasteiger partial charge in [0.15, 0.2) is 5.16 Å². The zero-order valence-corrected chi connectivity index (χ0v) is 14.5. The summed E-state index contributed by atoms with van der Waals surface area (Å²) in [4.78, 5) is 16.6. The number of nitrogens with one attached hydrogen (secondary N) is 1. The van der Waals surface area contributed by atoms with Crippen molar-refractivity contribution >= 4 is 23.4 Å². The second-order valence-electron chi connectivity index (χ2n) is 6.20. The van der Waals surface area contributed by atoms with E-state index in [9.17, 15) is 4.79 Å². The fourth-order valence-corrected chi connectivity index (χ4v) is 3.91. The van der Waals surface area contributed by atoms with Gasteiger partial charge in [0.25, 0.3) is 5.78 Å². The Balaban J connectivity index is 1.60. The molecule has 1 N–H and O–H groups in total. The van der Waals surface area contributed by atoms with Crippen molar-refractivity contribution < 1.29 is 4.79 Å². The SMILES string of the molecule is Cc1cc(C)n2c(SCC(=O)NC3CCCCCC3)nnc2n1. The van der Waals surface area contributed by atoms with Gasteiger partial charge in [-0.15, -0.1) is 10.2 Å². The standard InChI is InChI=1S/C16H23N5OS/c1-11-9-12(2)21-15(17-11)19-20-16(21)23-10-14(22)18-13-7-5-3-4-6-8-13/h9,13H,3-8,10H2,1-2H3,(H,18,22). The number of aryl methyl sites for hydroxylation is 2. The fourth-order valence-electron chi connectivity index (χ4n) is 3.12. The van der Waals surface area contributed by atoms with Gasteiger partial charge in [-0.1, -0.05) is 37.4 Å². The summed E-state index contributed by atoms with van der Waals surface area (Å²) in [6, 6.07) is 2.33. The van der Waals surface area contributed by atoms with Crippen LogP contribution in [0.2, 0.25) is 0 Å². The average Bonchev–Trinajstić information content (AvgIpc) is 2.73. The molecule has 1 fully saturated rings. The van der Waals surface area contributed by atoms with Gasteiger partial charge in [0, 0.05) is 17.4 Å². The van der Waals surface area contributed by atoms with E-state index in [0.717, 1.165) is 29.4 Å². The van der Waals surface area contributed by atoms with Crippen LogP contribution in [0.5, 0.6) is 0 Å². The summed E-state index contributed by atoms with van der Waals surface area (Å²) in [5, 5.41) is 12.1. The third-order valence-electron chi connectivity index (χ3n) is 4.22. The summed E-state index contributed by atoms with van der Waals surface area (Å²) in [5.41, 5.74) is 1.95. The smallest absolute Gasteiger partial charge is 0.256 e. The Kier molecular flexibility index (Phi) is 5.15. The maximum absolute atomic E-state index is 12.2. The molecule has 1 aliphatic carbocycles. The molecule has 1 amide bonds. The van der Waals surface area contributed by atoms with Crippen LogP contribution in [0, 0.1) is 13.8 Å². The second kappa shape index (κ2) is 7.29. The first kappa shape index (κ1) is 16.2. The molecule has 0 saturated heterocycles. The number of nitrogens with zero attached hydrogens (tertiary/aromatic N) is 4. The van der Waals surface area contributed by atoms with Crippen molar-refractivity contribution in [2.24, 2.45) is 0 Å². The number of amides is 1. The Labute approximate surface area is 140 Å². The zero-order valence-electron chi connectivity index (χ0n) is 13.7. The molecule has 124 valence electrons. The maximum Gasteiger partial charge on any atom is 0.256 e. The molecule has 7 heteroatoms. The number of hydrogen-bond acceptors (Lipinski definition) is 5. The van der Waals surface area contributed by atoms with E-state index >= 15 is 0 Å². The molecule has 0 bridgehead atoms. The minimum absolute atomic E-state index is 0.0800. The highest BCUT2D eigenvalue weighted by molar-refractivity contribution is 7.99. The molecule has 23 heavy (non-hydrogen) atoms. The van der Waals surface area contributed by atoms with Crippen LogP contribution in [-0.4, -0.2) is 37.3 Å². The summed E-state index contributed by atoms with van der Waals surface area (Å²) in [5.74, 6) is 1.04. The Morgan fingerprint density at radius 2 is 2.00 bits per heavy atom. The van der Waals surface area contributed by atoms with Gasteiger partial charge < -0.3 is 5.32 Å². The molecule has 1 saturated carbocycles.